The maximum absolute atomic E-state index is 12.1. The van der Waals surface area contributed by atoms with Crippen LogP contribution < -0.4 is 4.74 Å². The van der Waals surface area contributed by atoms with Crippen LogP contribution in [0, 0.1) is 0 Å². The van der Waals surface area contributed by atoms with E-state index in [0.29, 0.717) is 6.42 Å². The summed E-state index contributed by atoms with van der Waals surface area (Å²) in [6.45, 7) is 0. The summed E-state index contributed by atoms with van der Waals surface area (Å²) in [5, 5.41) is 28.8. The molecule has 2 aromatic rings. The van der Waals surface area contributed by atoms with Crippen molar-refractivity contribution in [3.8, 4) is 23.0 Å². The van der Waals surface area contributed by atoms with Crippen LogP contribution in [0.5, 0.6) is 23.0 Å². The van der Waals surface area contributed by atoms with E-state index in [1.807, 2.05) is 0 Å². The number of hydrogen-bond donors (Lipinski definition) is 3. The smallest absolute Gasteiger partial charge is 0.170 e. The normalized spacial score (nSPS) is 10.3. The number of rotatable bonds is 5. The van der Waals surface area contributed by atoms with Gasteiger partial charge in [0.2, 0.25) is 0 Å². The molecule has 0 atom stereocenters. The molecule has 0 aromatic heterocycles. The summed E-state index contributed by atoms with van der Waals surface area (Å²) in [5.41, 5.74) is 0.781. The number of aromatic hydroxyl groups is 3. The Hall–Kier alpha value is -2.69. The summed E-state index contributed by atoms with van der Waals surface area (Å²) in [7, 11) is 1.40. The zero-order chi connectivity index (χ0) is 15.4. The first-order chi connectivity index (χ1) is 10.0. The van der Waals surface area contributed by atoms with Crippen molar-refractivity contribution in [1.82, 2.24) is 0 Å². The van der Waals surface area contributed by atoms with Gasteiger partial charge < -0.3 is 20.1 Å². The second-order valence-electron chi connectivity index (χ2n) is 4.63. The van der Waals surface area contributed by atoms with Gasteiger partial charge in [-0.1, -0.05) is 12.1 Å². The molecule has 21 heavy (non-hydrogen) atoms. The summed E-state index contributed by atoms with van der Waals surface area (Å²) >= 11 is 0. The van der Waals surface area contributed by atoms with Crippen LogP contribution in [0.15, 0.2) is 36.4 Å². The van der Waals surface area contributed by atoms with Crippen molar-refractivity contribution in [2.45, 2.75) is 12.8 Å². The van der Waals surface area contributed by atoms with Gasteiger partial charge in [0.1, 0.15) is 28.6 Å². The van der Waals surface area contributed by atoms with E-state index >= 15 is 0 Å². The summed E-state index contributed by atoms with van der Waals surface area (Å²) in [5.74, 6) is -0.526. The monoisotopic (exact) mass is 288 g/mol. The van der Waals surface area contributed by atoms with Gasteiger partial charge in [-0.25, -0.2) is 0 Å². The van der Waals surface area contributed by atoms with Crippen LogP contribution >= 0.6 is 0 Å². The third kappa shape index (κ3) is 3.45. The number of Topliss-reactive ketones (excluding diaryl/α,β-unsaturated/α-hetero) is 1. The fourth-order valence-corrected chi connectivity index (χ4v) is 2.04. The van der Waals surface area contributed by atoms with Gasteiger partial charge in [-0.15, -0.1) is 0 Å². The molecule has 3 N–H and O–H groups in total. The molecule has 0 heterocycles. The first-order valence-electron chi connectivity index (χ1n) is 6.42. The number of methoxy groups -OCH3 is 1. The zero-order valence-corrected chi connectivity index (χ0v) is 11.5. The van der Waals surface area contributed by atoms with Crippen molar-refractivity contribution in [3.05, 3.63) is 47.5 Å². The Morgan fingerprint density at radius 1 is 1.05 bits per heavy atom. The fourth-order valence-electron chi connectivity index (χ4n) is 2.04. The first-order valence-corrected chi connectivity index (χ1v) is 6.42. The number of aryl methyl sites for hydroxylation is 1. The van der Waals surface area contributed by atoms with Gasteiger partial charge in [-0.2, -0.15) is 0 Å². The average Bonchev–Trinajstić information content (AvgIpc) is 2.45. The topological polar surface area (TPSA) is 87.0 Å². The number of ether oxygens (including phenoxy) is 1. The Morgan fingerprint density at radius 3 is 2.14 bits per heavy atom. The predicted molar refractivity (Wildman–Crippen MR) is 77.1 cm³/mol. The third-order valence-corrected chi connectivity index (χ3v) is 3.16. The Labute approximate surface area is 122 Å². The molecule has 0 aliphatic carbocycles. The molecule has 5 heteroatoms. The number of hydrogen-bond acceptors (Lipinski definition) is 5. The first kappa shape index (κ1) is 14.7. The van der Waals surface area contributed by atoms with Gasteiger partial charge in [0.15, 0.2) is 5.78 Å². The van der Waals surface area contributed by atoms with E-state index in [1.165, 1.54) is 19.2 Å². The molecular weight excluding hydrogens is 272 g/mol. The van der Waals surface area contributed by atoms with Crippen molar-refractivity contribution in [2.75, 3.05) is 7.11 Å². The zero-order valence-electron chi connectivity index (χ0n) is 11.5. The maximum atomic E-state index is 12.1. The molecular formula is C16H16O5. The molecule has 2 rings (SSSR count). The fraction of sp³-hybridized carbons (Fsp3) is 0.188. The van der Waals surface area contributed by atoms with Gasteiger partial charge in [-0.05, 0) is 24.1 Å². The number of phenols is 3. The van der Waals surface area contributed by atoms with Crippen molar-refractivity contribution >= 4 is 5.78 Å². The van der Waals surface area contributed by atoms with E-state index < -0.39 is 0 Å². The maximum Gasteiger partial charge on any atom is 0.170 e. The Bertz CT molecular complexity index is 623. The highest BCUT2D eigenvalue weighted by atomic mass is 16.5. The molecule has 110 valence electrons. The van der Waals surface area contributed by atoms with Crippen molar-refractivity contribution in [1.29, 1.82) is 0 Å². The van der Waals surface area contributed by atoms with Gasteiger partial charge in [-0.3, -0.25) is 4.79 Å². The molecule has 2 aromatic carbocycles. The summed E-state index contributed by atoms with van der Waals surface area (Å²) < 4.78 is 4.90. The van der Waals surface area contributed by atoms with Crippen molar-refractivity contribution in [2.24, 2.45) is 0 Å². The van der Waals surface area contributed by atoms with Crippen LogP contribution in [0.4, 0.5) is 0 Å². The SMILES string of the molecule is COc1cc(O)c(C(=O)CCc2ccc(O)cc2)c(O)c1. The molecule has 5 nitrogen and oxygen atoms in total. The number of carbonyl (C=O) groups excluding carboxylic acids is 1. The highest BCUT2D eigenvalue weighted by molar-refractivity contribution is 6.01. The minimum Gasteiger partial charge on any atom is -0.508 e. The van der Waals surface area contributed by atoms with Crippen molar-refractivity contribution < 1.29 is 24.9 Å². The molecule has 0 unspecified atom stereocenters. The molecule has 0 fully saturated rings. The average molecular weight is 288 g/mol. The second-order valence-corrected chi connectivity index (χ2v) is 4.63. The van der Waals surface area contributed by atoms with E-state index in [-0.39, 0.29) is 40.8 Å². The molecule has 0 spiro atoms. The Morgan fingerprint density at radius 2 is 1.62 bits per heavy atom. The highest BCUT2D eigenvalue weighted by Crippen LogP contribution is 2.33. The van der Waals surface area contributed by atoms with Gasteiger partial charge in [0.25, 0.3) is 0 Å². The van der Waals surface area contributed by atoms with Crippen LogP contribution in [-0.4, -0.2) is 28.2 Å². The van der Waals surface area contributed by atoms with Crippen LogP contribution in [0.2, 0.25) is 0 Å². The Balaban J connectivity index is 2.12. The molecule has 0 bridgehead atoms. The number of carbonyl (C=O) groups is 1. The summed E-state index contributed by atoms with van der Waals surface area (Å²) in [4.78, 5) is 12.1. The lowest BCUT2D eigenvalue weighted by molar-refractivity contribution is 0.0977. The molecule has 0 radical (unpaired) electrons. The number of ketones is 1. The largest absolute Gasteiger partial charge is 0.508 e. The van der Waals surface area contributed by atoms with Crippen LogP contribution in [0.1, 0.15) is 22.3 Å². The van der Waals surface area contributed by atoms with Crippen LogP contribution in [-0.2, 0) is 6.42 Å². The van der Waals surface area contributed by atoms with E-state index in [0.717, 1.165) is 5.56 Å². The van der Waals surface area contributed by atoms with Crippen LogP contribution in [0.25, 0.3) is 0 Å². The van der Waals surface area contributed by atoms with Gasteiger partial charge in [0, 0.05) is 18.6 Å². The molecule has 0 amide bonds. The van der Waals surface area contributed by atoms with Gasteiger partial charge in [0.05, 0.1) is 7.11 Å². The lowest BCUT2D eigenvalue weighted by Gasteiger charge is -2.09. The standard InChI is InChI=1S/C16H16O5/c1-21-12-8-14(19)16(15(20)9-12)13(18)7-4-10-2-5-11(17)6-3-10/h2-3,5-6,8-9,17,19-20H,4,7H2,1H3. The van der Waals surface area contributed by atoms with E-state index in [2.05, 4.69) is 0 Å². The number of phenolic OH excluding ortho intramolecular Hbond substituents is 3. The number of benzene rings is 2. The highest BCUT2D eigenvalue weighted by Gasteiger charge is 2.17. The van der Waals surface area contributed by atoms with Crippen molar-refractivity contribution in [3.63, 3.8) is 0 Å². The van der Waals surface area contributed by atoms with E-state index in [4.69, 9.17) is 4.74 Å². The minimum absolute atomic E-state index is 0.102. The second kappa shape index (κ2) is 6.17. The van der Waals surface area contributed by atoms with E-state index in [9.17, 15) is 20.1 Å². The molecule has 0 saturated heterocycles. The lowest BCUT2D eigenvalue weighted by atomic mass is 10.0. The third-order valence-electron chi connectivity index (χ3n) is 3.16. The summed E-state index contributed by atoms with van der Waals surface area (Å²) in [6, 6.07) is 9.10. The lowest BCUT2D eigenvalue weighted by Crippen LogP contribution is -2.02. The molecule has 0 aliphatic rings. The predicted octanol–water partition coefficient (Wildman–Crippen LogP) is 2.63. The molecule has 0 saturated carbocycles. The molecule has 0 aliphatic heterocycles. The van der Waals surface area contributed by atoms with Crippen LogP contribution in [0.3, 0.4) is 0 Å². The quantitative estimate of drug-likeness (QED) is 0.736. The van der Waals surface area contributed by atoms with E-state index in [1.54, 1.807) is 24.3 Å². The Kier molecular flexibility index (Phi) is 4.33. The minimum atomic E-state index is -0.360. The van der Waals surface area contributed by atoms with Gasteiger partial charge >= 0.3 is 0 Å². The summed E-state index contributed by atoms with van der Waals surface area (Å²) in [6.07, 6.45) is 0.586.